The lowest BCUT2D eigenvalue weighted by molar-refractivity contribution is -0.149. The molecule has 2 N–H and O–H groups in total. The summed E-state index contributed by atoms with van der Waals surface area (Å²) in [5, 5.41) is 16.1. The summed E-state index contributed by atoms with van der Waals surface area (Å²) in [5.74, 6) is -1.53. The maximum absolute atomic E-state index is 12.2. The van der Waals surface area contributed by atoms with Gasteiger partial charge < -0.3 is 10.4 Å². The summed E-state index contributed by atoms with van der Waals surface area (Å²) < 4.78 is 2.38. The molecule has 0 spiro atoms. The lowest BCUT2D eigenvalue weighted by Gasteiger charge is -2.33. The molecule has 8 nitrogen and oxygen atoms in total. The zero-order valence-corrected chi connectivity index (χ0v) is 12.6. The van der Waals surface area contributed by atoms with E-state index in [1.807, 2.05) is 0 Å². The molecule has 2 heterocycles. The number of pyridine rings is 1. The van der Waals surface area contributed by atoms with E-state index in [-0.39, 0.29) is 6.54 Å². The van der Waals surface area contributed by atoms with Gasteiger partial charge in [0.2, 0.25) is 5.91 Å². The molecule has 122 valence electrons. The Balaban J connectivity index is 1.79. The fourth-order valence-electron chi connectivity index (χ4n) is 3.06. The highest BCUT2D eigenvalue weighted by molar-refractivity contribution is 5.87. The number of hydrogen-bond acceptors (Lipinski definition) is 4. The molecule has 0 bridgehead atoms. The van der Waals surface area contributed by atoms with E-state index in [0.717, 1.165) is 23.9 Å². The van der Waals surface area contributed by atoms with Gasteiger partial charge in [0.25, 0.3) is 0 Å². The molecule has 2 aromatic heterocycles. The lowest BCUT2D eigenvalue weighted by Crippen LogP contribution is -2.56. The first-order valence-corrected chi connectivity index (χ1v) is 7.60. The molecule has 1 aliphatic rings. The van der Waals surface area contributed by atoms with Crippen LogP contribution < -0.4 is 11.0 Å². The highest BCUT2D eigenvalue weighted by atomic mass is 16.4. The topological polar surface area (TPSA) is 106 Å². The summed E-state index contributed by atoms with van der Waals surface area (Å²) >= 11 is 0. The van der Waals surface area contributed by atoms with E-state index in [2.05, 4.69) is 10.4 Å². The van der Waals surface area contributed by atoms with Gasteiger partial charge in [-0.1, -0.05) is 25.3 Å². The minimum absolute atomic E-state index is 0.296. The van der Waals surface area contributed by atoms with Gasteiger partial charge in [0.05, 0.1) is 0 Å². The number of carboxylic acid groups (broad SMARTS) is 1. The molecule has 23 heavy (non-hydrogen) atoms. The number of carboxylic acids is 1. The summed E-state index contributed by atoms with van der Waals surface area (Å²) in [6.07, 6.45) is 4.89. The van der Waals surface area contributed by atoms with Crippen LogP contribution in [0.15, 0.2) is 29.2 Å². The van der Waals surface area contributed by atoms with Gasteiger partial charge in [-0.05, 0) is 25.0 Å². The van der Waals surface area contributed by atoms with Gasteiger partial charge in [-0.2, -0.15) is 0 Å². The summed E-state index contributed by atoms with van der Waals surface area (Å²) in [7, 11) is 0. The number of carbonyl (C=O) groups is 2. The standard InChI is InChI=1S/C15H18N4O4/c20-12(16-15(13(21)22)7-3-1-4-8-15)10-19-14(23)18-9-5-2-6-11(18)17-19/h2,5-6,9H,1,3-4,7-8,10H2,(H,16,20)(H,21,22). The first-order valence-electron chi connectivity index (χ1n) is 7.60. The largest absolute Gasteiger partial charge is 0.480 e. The van der Waals surface area contributed by atoms with Crippen LogP contribution in [0, 0.1) is 0 Å². The van der Waals surface area contributed by atoms with Crippen LogP contribution in [0.5, 0.6) is 0 Å². The minimum atomic E-state index is -1.22. The second-order valence-electron chi connectivity index (χ2n) is 5.87. The molecule has 8 heteroatoms. The van der Waals surface area contributed by atoms with E-state index in [4.69, 9.17) is 0 Å². The second kappa shape index (κ2) is 5.86. The van der Waals surface area contributed by atoms with E-state index in [0.29, 0.717) is 18.5 Å². The van der Waals surface area contributed by atoms with E-state index in [9.17, 15) is 19.5 Å². The van der Waals surface area contributed by atoms with Crippen molar-refractivity contribution >= 4 is 17.5 Å². The van der Waals surface area contributed by atoms with Crippen molar-refractivity contribution in [3.05, 3.63) is 34.9 Å². The smallest absolute Gasteiger partial charge is 0.350 e. The molecule has 0 atom stereocenters. The number of aromatic nitrogens is 3. The van der Waals surface area contributed by atoms with Crippen molar-refractivity contribution in [2.45, 2.75) is 44.2 Å². The van der Waals surface area contributed by atoms with E-state index >= 15 is 0 Å². The number of fused-ring (bicyclic) bond motifs is 1. The molecule has 1 aliphatic carbocycles. The van der Waals surface area contributed by atoms with Crippen LogP contribution >= 0.6 is 0 Å². The third kappa shape index (κ3) is 2.84. The van der Waals surface area contributed by atoms with Crippen molar-refractivity contribution in [1.82, 2.24) is 19.5 Å². The third-order valence-electron chi connectivity index (χ3n) is 4.28. The predicted molar refractivity (Wildman–Crippen MR) is 81.0 cm³/mol. The maximum atomic E-state index is 12.2. The summed E-state index contributed by atoms with van der Waals surface area (Å²) in [6.45, 7) is -0.296. The van der Waals surface area contributed by atoms with Gasteiger partial charge in [0.15, 0.2) is 5.65 Å². The molecular formula is C15H18N4O4. The quantitative estimate of drug-likeness (QED) is 0.849. The molecule has 1 fully saturated rings. The highest BCUT2D eigenvalue weighted by Gasteiger charge is 2.40. The molecular weight excluding hydrogens is 300 g/mol. The minimum Gasteiger partial charge on any atom is -0.480 e. The van der Waals surface area contributed by atoms with Crippen LogP contribution in [-0.2, 0) is 16.1 Å². The van der Waals surface area contributed by atoms with Gasteiger partial charge in [-0.25, -0.2) is 14.3 Å². The van der Waals surface area contributed by atoms with Crippen molar-refractivity contribution in [3.8, 4) is 0 Å². The number of nitrogens with zero attached hydrogens (tertiary/aromatic N) is 3. The normalized spacial score (nSPS) is 17.0. The fourth-order valence-corrected chi connectivity index (χ4v) is 3.06. The van der Waals surface area contributed by atoms with Gasteiger partial charge in [-0.3, -0.25) is 9.20 Å². The Morgan fingerprint density at radius 1 is 1.26 bits per heavy atom. The molecule has 0 aromatic carbocycles. The van der Waals surface area contributed by atoms with Crippen LogP contribution in [0.2, 0.25) is 0 Å². The molecule has 0 unspecified atom stereocenters. The Kier molecular flexibility index (Phi) is 3.89. The van der Waals surface area contributed by atoms with Gasteiger partial charge in [0, 0.05) is 6.20 Å². The van der Waals surface area contributed by atoms with E-state index in [1.54, 1.807) is 24.4 Å². The predicted octanol–water partition coefficient (Wildman–Crippen LogP) is 0.400. The average Bonchev–Trinajstić information content (AvgIpc) is 2.84. The van der Waals surface area contributed by atoms with Crippen LogP contribution in [0.3, 0.4) is 0 Å². The maximum Gasteiger partial charge on any atom is 0.350 e. The Hall–Kier alpha value is -2.64. The first kappa shape index (κ1) is 15.3. The molecule has 1 saturated carbocycles. The van der Waals surface area contributed by atoms with E-state index < -0.39 is 23.1 Å². The molecule has 1 amide bonds. The fraction of sp³-hybridized carbons (Fsp3) is 0.467. The molecule has 2 aromatic rings. The van der Waals surface area contributed by atoms with E-state index in [1.165, 1.54) is 4.40 Å². The molecule has 3 rings (SSSR count). The van der Waals surface area contributed by atoms with Gasteiger partial charge >= 0.3 is 11.7 Å². The van der Waals surface area contributed by atoms with Crippen molar-refractivity contribution < 1.29 is 14.7 Å². The van der Waals surface area contributed by atoms with Gasteiger partial charge in [0.1, 0.15) is 12.1 Å². The van der Waals surface area contributed by atoms with Crippen LogP contribution in [0.25, 0.3) is 5.65 Å². The van der Waals surface area contributed by atoms with Crippen molar-refractivity contribution in [2.24, 2.45) is 0 Å². The Bertz CT molecular complexity index is 801. The number of aliphatic carboxylic acids is 1. The lowest BCUT2D eigenvalue weighted by atomic mass is 9.81. The van der Waals surface area contributed by atoms with Gasteiger partial charge in [-0.15, -0.1) is 5.10 Å². The average molecular weight is 318 g/mol. The monoisotopic (exact) mass is 318 g/mol. The number of hydrogen-bond donors (Lipinski definition) is 2. The van der Waals surface area contributed by atoms with Crippen LogP contribution in [-0.4, -0.2) is 36.7 Å². The Morgan fingerprint density at radius 3 is 2.65 bits per heavy atom. The van der Waals surface area contributed by atoms with Crippen LogP contribution in [0.1, 0.15) is 32.1 Å². The second-order valence-corrected chi connectivity index (χ2v) is 5.87. The zero-order valence-electron chi connectivity index (χ0n) is 12.6. The SMILES string of the molecule is O=C(Cn1nc2ccccn2c1=O)NC1(C(=O)O)CCCCC1. The van der Waals surface area contributed by atoms with Crippen molar-refractivity contribution in [1.29, 1.82) is 0 Å². The summed E-state index contributed by atoms with van der Waals surface area (Å²) in [5.41, 5.74) is -1.21. The highest BCUT2D eigenvalue weighted by Crippen LogP contribution is 2.28. The number of nitrogens with one attached hydrogen (secondary N) is 1. The van der Waals surface area contributed by atoms with Crippen molar-refractivity contribution in [3.63, 3.8) is 0 Å². The Morgan fingerprint density at radius 2 is 2.00 bits per heavy atom. The first-order chi connectivity index (χ1) is 11.0. The Labute approximate surface area is 131 Å². The summed E-state index contributed by atoms with van der Waals surface area (Å²) in [4.78, 5) is 35.9. The molecule has 0 saturated heterocycles. The van der Waals surface area contributed by atoms with Crippen LogP contribution in [0.4, 0.5) is 0 Å². The molecule has 0 aliphatic heterocycles. The van der Waals surface area contributed by atoms with Crippen molar-refractivity contribution in [2.75, 3.05) is 0 Å². The number of carbonyl (C=O) groups excluding carboxylic acids is 1. The zero-order chi connectivity index (χ0) is 16.4. The number of amides is 1. The molecule has 0 radical (unpaired) electrons. The number of rotatable bonds is 4. The summed E-state index contributed by atoms with van der Waals surface area (Å²) in [6, 6.07) is 5.10. The third-order valence-corrected chi connectivity index (χ3v) is 4.28.